The lowest BCUT2D eigenvalue weighted by Gasteiger charge is -2.23. The molecule has 0 aliphatic rings. The van der Waals surface area contributed by atoms with Crippen molar-refractivity contribution in [1.82, 2.24) is 0 Å². The van der Waals surface area contributed by atoms with Crippen LogP contribution in [0.2, 0.25) is 0 Å². The highest BCUT2D eigenvalue weighted by Crippen LogP contribution is 2.49. The van der Waals surface area contributed by atoms with E-state index < -0.39 is 12.6 Å². The van der Waals surface area contributed by atoms with Crippen molar-refractivity contribution in [1.29, 1.82) is 0 Å². The zero-order chi connectivity index (χ0) is 12.4. The molecule has 0 radical (unpaired) electrons. The smallest absolute Gasteiger partial charge is 0.191 e. The highest BCUT2D eigenvalue weighted by molar-refractivity contribution is 8.09. The largest absolute Gasteiger partial charge is 0.393 e. The second kappa shape index (κ2) is 9.55. The first-order valence-corrected chi connectivity index (χ1v) is 8.92. The first kappa shape index (κ1) is 16.5. The quantitative estimate of drug-likeness (QED) is 0.487. The van der Waals surface area contributed by atoms with Gasteiger partial charge in [-0.3, -0.25) is 0 Å². The fourth-order valence-electron chi connectivity index (χ4n) is 1.16. The summed E-state index contributed by atoms with van der Waals surface area (Å²) in [5, 5.41) is 9.40. The standard InChI is InChI=1S/C11H25O3PS/c1-4-6-8-13-15(16,10-11(3)12)14-9-7-5-2/h11-12H,4-10H2,1-3H3. The van der Waals surface area contributed by atoms with E-state index in [1.54, 1.807) is 6.92 Å². The Hall–Kier alpha value is 0.530. The Morgan fingerprint density at radius 3 is 1.88 bits per heavy atom. The molecule has 0 rings (SSSR count). The zero-order valence-electron chi connectivity index (χ0n) is 10.6. The Balaban J connectivity index is 4.08. The van der Waals surface area contributed by atoms with E-state index >= 15 is 0 Å². The molecule has 1 unspecified atom stereocenters. The van der Waals surface area contributed by atoms with Crippen molar-refractivity contribution in [2.24, 2.45) is 0 Å². The van der Waals surface area contributed by atoms with Gasteiger partial charge in [0.1, 0.15) is 0 Å². The first-order chi connectivity index (χ1) is 7.54. The van der Waals surface area contributed by atoms with E-state index in [2.05, 4.69) is 13.8 Å². The topological polar surface area (TPSA) is 38.7 Å². The van der Waals surface area contributed by atoms with Crippen molar-refractivity contribution in [3.8, 4) is 0 Å². The average Bonchev–Trinajstić information content (AvgIpc) is 2.17. The fraction of sp³-hybridized carbons (Fsp3) is 1.00. The molecule has 3 nitrogen and oxygen atoms in total. The molecular weight excluding hydrogens is 243 g/mol. The van der Waals surface area contributed by atoms with Gasteiger partial charge in [-0.15, -0.1) is 0 Å². The number of rotatable bonds is 10. The van der Waals surface area contributed by atoms with Crippen LogP contribution in [0.3, 0.4) is 0 Å². The van der Waals surface area contributed by atoms with Crippen LogP contribution in [-0.2, 0) is 20.9 Å². The number of hydrogen-bond acceptors (Lipinski definition) is 4. The van der Waals surface area contributed by atoms with Crippen LogP contribution in [-0.4, -0.2) is 30.6 Å². The second-order valence-electron chi connectivity index (χ2n) is 4.02. The molecule has 0 heterocycles. The average molecular weight is 268 g/mol. The Morgan fingerprint density at radius 2 is 1.56 bits per heavy atom. The lowest BCUT2D eigenvalue weighted by Crippen LogP contribution is -2.12. The maximum Gasteiger partial charge on any atom is 0.191 e. The molecule has 0 aromatic carbocycles. The summed E-state index contributed by atoms with van der Waals surface area (Å²) in [6.45, 7) is 4.99. The maximum atomic E-state index is 9.40. The van der Waals surface area contributed by atoms with Gasteiger partial charge >= 0.3 is 0 Å². The Bertz CT molecular complexity index is 195. The predicted octanol–water partition coefficient (Wildman–Crippen LogP) is 3.31. The lowest BCUT2D eigenvalue weighted by atomic mass is 10.4. The third-order valence-electron chi connectivity index (χ3n) is 2.06. The van der Waals surface area contributed by atoms with Crippen LogP contribution in [0.15, 0.2) is 0 Å². The minimum Gasteiger partial charge on any atom is -0.393 e. The van der Waals surface area contributed by atoms with Crippen LogP contribution in [0.1, 0.15) is 46.5 Å². The van der Waals surface area contributed by atoms with Gasteiger partial charge in [0.25, 0.3) is 0 Å². The molecule has 16 heavy (non-hydrogen) atoms. The van der Waals surface area contributed by atoms with E-state index in [-0.39, 0.29) is 0 Å². The Labute approximate surface area is 105 Å². The molecule has 0 aliphatic carbocycles. The van der Waals surface area contributed by atoms with E-state index in [9.17, 15) is 5.11 Å². The van der Waals surface area contributed by atoms with Crippen molar-refractivity contribution >= 4 is 18.3 Å². The van der Waals surface area contributed by atoms with Gasteiger partial charge in [0.2, 0.25) is 0 Å². The van der Waals surface area contributed by atoms with Crippen molar-refractivity contribution in [2.75, 3.05) is 19.4 Å². The summed E-state index contributed by atoms with van der Waals surface area (Å²) in [5.74, 6) is 0. The summed E-state index contributed by atoms with van der Waals surface area (Å²) in [4.78, 5) is 0. The lowest BCUT2D eigenvalue weighted by molar-refractivity contribution is 0.194. The summed E-state index contributed by atoms with van der Waals surface area (Å²) < 4.78 is 11.3. The van der Waals surface area contributed by atoms with Gasteiger partial charge in [-0.2, -0.15) is 0 Å². The van der Waals surface area contributed by atoms with Crippen molar-refractivity contribution < 1.29 is 14.2 Å². The van der Waals surface area contributed by atoms with Crippen molar-refractivity contribution in [3.63, 3.8) is 0 Å². The number of unbranched alkanes of at least 4 members (excludes halogenated alkanes) is 2. The van der Waals surface area contributed by atoms with Crippen LogP contribution < -0.4 is 0 Å². The number of aliphatic hydroxyl groups is 1. The molecule has 98 valence electrons. The van der Waals surface area contributed by atoms with Crippen LogP contribution in [0.25, 0.3) is 0 Å². The van der Waals surface area contributed by atoms with Crippen LogP contribution in [0.5, 0.6) is 0 Å². The Morgan fingerprint density at radius 1 is 1.12 bits per heavy atom. The summed E-state index contributed by atoms with van der Waals surface area (Å²) in [5.41, 5.74) is 0. The van der Waals surface area contributed by atoms with Gasteiger partial charge in [0.15, 0.2) is 6.49 Å². The summed E-state index contributed by atoms with van der Waals surface area (Å²) in [6.07, 6.45) is 4.16. The number of hydrogen-bond donors (Lipinski definition) is 1. The van der Waals surface area contributed by atoms with Gasteiger partial charge in [-0.05, 0) is 31.6 Å². The van der Waals surface area contributed by atoms with Crippen molar-refractivity contribution in [3.05, 3.63) is 0 Å². The molecule has 1 N–H and O–H groups in total. The van der Waals surface area contributed by atoms with Gasteiger partial charge < -0.3 is 14.2 Å². The molecule has 0 aromatic rings. The first-order valence-electron chi connectivity index (χ1n) is 6.10. The predicted molar refractivity (Wildman–Crippen MR) is 72.6 cm³/mol. The minimum atomic E-state index is -2.25. The molecular formula is C11H25O3PS. The van der Waals surface area contributed by atoms with Crippen LogP contribution in [0, 0.1) is 0 Å². The van der Waals surface area contributed by atoms with Crippen molar-refractivity contribution in [2.45, 2.75) is 52.6 Å². The molecule has 0 spiro atoms. The van der Waals surface area contributed by atoms with Crippen LogP contribution >= 0.6 is 6.49 Å². The second-order valence-corrected chi connectivity index (χ2v) is 7.79. The molecule has 1 atom stereocenters. The van der Waals surface area contributed by atoms with E-state index in [1.165, 1.54) is 0 Å². The maximum absolute atomic E-state index is 9.40. The van der Waals surface area contributed by atoms with E-state index in [0.29, 0.717) is 19.4 Å². The molecule has 0 saturated carbocycles. The highest BCUT2D eigenvalue weighted by atomic mass is 32.5. The molecule has 0 aromatic heterocycles. The van der Waals surface area contributed by atoms with Gasteiger partial charge in [-0.25, -0.2) is 0 Å². The van der Waals surface area contributed by atoms with Gasteiger partial charge in [-0.1, -0.05) is 26.7 Å². The molecule has 0 aliphatic heterocycles. The zero-order valence-corrected chi connectivity index (χ0v) is 12.4. The van der Waals surface area contributed by atoms with E-state index in [1.807, 2.05) is 0 Å². The molecule has 0 saturated heterocycles. The summed E-state index contributed by atoms with van der Waals surface area (Å²) >= 11 is 5.41. The normalized spacial score (nSPS) is 14.0. The summed E-state index contributed by atoms with van der Waals surface area (Å²) in [6, 6.07) is 0. The van der Waals surface area contributed by atoms with Gasteiger partial charge in [0, 0.05) is 6.16 Å². The minimum absolute atomic E-state index is 0.450. The number of aliphatic hydroxyl groups excluding tert-OH is 1. The monoisotopic (exact) mass is 268 g/mol. The van der Waals surface area contributed by atoms with Crippen LogP contribution in [0.4, 0.5) is 0 Å². The molecule has 0 bridgehead atoms. The van der Waals surface area contributed by atoms with E-state index in [0.717, 1.165) is 25.7 Å². The highest BCUT2D eigenvalue weighted by Gasteiger charge is 2.21. The molecule has 5 heteroatoms. The summed E-state index contributed by atoms with van der Waals surface area (Å²) in [7, 11) is 0. The van der Waals surface area contributed by atoms with E-state index in [4.69, 9.17) is 20.9 Å². The SMILES string of the molecule is CCCCOP(=S)(CC(C)O)OCCCC. The molecule has 0 fully saturated rings. The van der Waals surface area contributed by atoms with Gasteiger partial charge in [0.05, 0.1) is 19.3 Å². The fourth-order valence-corrected chi connectivity index (χ4v) is 4.00. The third-order valence-corrected chi connectivity index (χ3v) is 5.27. The third kappa shape index (κ3) is 8.66. The Kier molecular flexibility index (Phi) is 9.87. The molecule has 0 amide bonds.